The van der Waals surface area contributed by atoms with Crippen LogP contribution in [0.5, 0.6) is 11.5 Å². The molecule has 0 saturated carbocycles. The van der Waals surface area contributed by atoms with Gasteiger partial charge in [-0.15, -0.1) is 0 Å². The molecule has 0 aromatic heterocycles. The van der Waals surface area contributed by atoms with Gasteiger partial charge >= 0.3 is 0 Å². The first-order valence-electron chi connectivity index (χ1n) is 7.62. The number of hydrogen-bond acceptors (Lipinski definition) is 5. The smallest absolute Gasteiger partial charge is 0.240 e. The first kappa shape index (κ1) is 18.0. The van der Waals surface area contributed by atoms with Crippen molar-refractivity contribution in [1.29, 1.82) is 0 Å². The molecule has 0 aliphatic rings. The molecule has 2 aromatic rings. The van der Waals surface area contributed by atoms with Crippen LogP contribution < -0.4 is 15.5 Å². The summed E-state index contributed by atoms with van der Waals surface area (Å²) in [6.45, 7) is 0. The number of ether oxygens (including phenoxy) is 1. The number of nitrogens with one attached hydrogen (secondary N) is 2. The fraction of sp³-hybridized carbons (Fsp3) is 0.167. The van der Waals surface area contributed by atoms with E-state index in [0.717, 1.165) is 0 Å². The first-order valence-corrected chi connectivity index (χ1v) is 7.62. The summed E-state index contributed by atoms with van der Waals surface area (Å²) in [5, 5.41) is 15.8. The number of hydrazone groups is 1. The zero-order valence-corrected chi connectivity index (χ0v) is 13.7. The molecule has 0 fully saturated rings. The zero-order valence-electron chi connectivity index (χ0n) is 13.7. The van der Waals surface area contributed by atoms with Crippen LogP contribution in [0.2, 0.25) is 0 Å². The van der Waals surface area contributed by atoms with Gasteiger partial charge in [-0.05, 0) is 29.8 Å². The number of hydrogen-bond donors (Lipinski definition) is 3. The molecule has 7 nitrogen and oxygen atoms in total. The van der Waals surface area contributed by atoms with Gasteiger partial charge in [0.1, 0.15) is 11.5 Å². The van der Waals surface area contributed by atoms with E-state index in [9.17, 15) is 14.7 Å². The van der Waals surface area contributed by atoms with Gasteiger partial charge in [0.25, 0.3) is 0 Å². The standard InChI is InChI=1S/C18H19N3O4/c1-25-16-8-3-2-7-15(16)20-17(23)9-10-18(24)21-19-12-13-5-4-6-14(22)11-13/h2-8,11-12,22H,9-10H2,1H3,(H,20,23)(H,21,24). The van der Waals surface area contributed by atoms with Crippen LogP contribution in [-0.2, 0) is 9.59 Å². The van der Waals surface area contributed by atoms with Gasteiger partial charge in [0.15, 0.2) is 0 Å². The van der Waals surface area contributed by atoms with E-state index in [4.69, 9.17) is 4.74 Å². The number of carbonyl (C=O) groups excluding carboxylic acids is 2. The minimum absolute atomic E-state index is 0.00162. The minimum Gasteiger partial charge on any atom is -0.508 e. The number of carbonyl (C=O) groups is 2. The van der Waals surface area contributed by atoms with Gasteiger partial charge in [-0.2, -0.15) is 5.10 Å². The highest BCUT2D eigenvalue weighted by Gasteiger charge is 2.09. The van der Waals surface area contributed by atoms with Crippen LogP contribution in [-0.4, -0.2) is 30.2 Å². The highest BCUT2D eigenvalue weighted by atomic mass is 16.5. The molecule has 0 aliphatic carbocycles. The zero-order chi connectivity index (χ0) is 18.1. The Bertz CT molecular complexity index is 774. The molecule has 2 aromatic carbocycles. The van der Waals surface area contributed by atoms with Gasteiger partial charge in [0, 0.05) is 12.8 Å². The summed E-state index contributed by atoms with van der Waals surface area (Å²) in [5.41, 5.74) is 3.54. The molecule has 0 aliphatic heterocycles. The number of phenolic OH excluding ortho intramolecular Hbond substituents is 1. The molecule has 2 rings (SSSR count). The van der Waals surface area contributed by atoms with Crippen molar-refractivity contribution in [2.75, 3.05) is 12.4 Å². The van der Waals surface area contributed by atoms with Crippen molar-refractivity contribution >= 4 is 23.7 Å². The predicted octanol–water partition coefficient (Wildman–Crippen LogP) is 2.27. The van der Waals surface area contributed by atoms with Gasteiger partial charge in [-0.25, -0.2) is 5.43 Å². The van der Waals surface area contributed by atoms with Crippen LogP contribution in [0.15, 0.2) is 53.6 Å². The molecule has 0 unspecified atom stereocenters. The van der Waals surface area contributed by atoms with Crippen LogP contribution in [0.4, 0.5) is 5.69 Å². The molecule has 2 amide bonds. The normalized spacial score (nSPS) is 10.4. The Balaban J connectivity index is 1.76. The Hall–Kier alpha value is -3.35. The van der Waals surface area contributed by atoms with E-state index >= 15 is 0 Å². The van der Waals surface area contributed by atoms with E-state index < -0.39 is 0 Å². The molecule has 0 saturated heterocycles. The van der Waals surface area contributed by atoms with Crippen molar-refractivity contribution < 1.29 is 19.4 Å². The third-order valence-electron chi connectivity index (χ3n) is 3.23. The van der Waals surface area contributed by atoms with Crippen LogP contribution >= 0.6 is 0 Å². The molecular weight excluding hydrogens is 322 g/mol. The molecule has 0 spiro atoms. The van der Waals surface area contributed by atoms with Crippen molar-refractivity contribution in [2.24, 2.45) is 5.10 Å². The number of aromatic hydroxyl groups is 1. The summed E-state index contributed by atoms with van der Waals surface area (Å²) in [7, 11) is 1.52. The molecule has 130 valence electrons. The Morgan fingerprint density at radius 2 is 1.88 bits per heavy atom. The molecule has 0 atom stereocenters. The second kappa shape index (κ2) is 9.07. The van der Waals surface area contributed by atoms with E-state index in [1.54, 1.807) is 36.4 Å². The molecule has 25 heavy (non-hydrogen) atoms. The lowest BCUT2D eigenvalue weighted by Crippen LogP contribution is -2.20. The monoisotopic (exact) mass is 341 g/mol. The van der Waals surface area contributed by atoms with Gasteiger partial charge in [0.2, 0.25) is 11.8 Å². The highest BCUT2D eigenvalue weighted by Crippen LogP contribution is 2.23. The van der Waals surface area contributed by atoms with E-state index in [-0.39, 0.29) is 30.4 Å². The van der Waals surface area contributed by atoms with Gasteiger partial charge in [-0.3, -0.25) is 9.59 Å². The summed E-state index contributed by atoms with van der Waals surface area (Å²) in [6, 6.07) is 13.5. The number of para-hydroxylation sites is 2. The van der Waals surface area contributed by atoms with Gasteiger partial charge in [0.05, 0.1) is 19.0 Å². The third-order valence-corrected chi connectivity index (χ3v) is 3.23. The first-order chi connectivity index (χ1) is 12.1. The summed E-state index contributed by atoms with van der Waals surface area (Å²) in [5.74, 6) is -0.0116. The van der Waals surface area contributed by atoms with Crippen molar-refractivity contribution in [1.82, 2.24) is 5.43 Å². The Morgan fingerprint density at radius 1 is 1.12 bits per heavy atom. The Labute approximate surface area is 145 Å². The fourth-order valence-electron chi connectivity index (χ4n) is 2.03. The number of nitrogens with zero attached hydrogens (tertiary/aromatic N) is 1. The SMILES string of the molecule is COc1ccccc1NC(=O)CCC(=O)NN=Cc1cccc(O)c1. The van der Waals surface area contributed by atoms with Crippen molar-refractivity contribution in [3.8, 4) is 11.5 Å². The second-order valence-corrected chi connectivity index (χ2v) is 5.14. The predicted molar refractivity (Wildman–Crippen MR) is 94.7 cm³/mol. The van der Waals surface area contributed by atoms with E-state index in [0.29, 0.717) is 17.0 Å². The second-order valence-electron chi connectivity index (χ2n) is 5.14. The summed E-state index contributed by atoms with van der Waals surface area (Å²) >= 11 is 0. The number of anilines is 1. The quantitative estimate of drug-likeness (QED) is 0.531. The molecular formula is C18H19N3O4. The van der Waals surface area contributed by atoms with Crippen LogP contribution in [0.25, 0.3) is 0 Å². The largest absolute Gasteiger partial charge is 0.508 e. The van der Waals surface area contributed by atoms with Crippen LogP contribution in [0.3, 0.4) is 0 Å². The Kier molecular flexibility index (Phi) is 6.53. The summed E-state index contributed by atoms with van der Waals surface area (Å²) < 4.78 is 5.14. The maximum Gasteiger partial charge on any atom is 0.240 e. The van der Waals surface area contributed by atoms with Crippen LogP contribution in [0, 0.1) is 0 Å². The van der Waals surface area contributed by atoms with E-state index in [2.05, 4.69) is 15.8 Å². The molecule has 7 heteroatoms. The lowest BCUT2D eigenvalue weighted by molar-refractivity contribution is -0.124. The molecule has 0 radical (unpaired) electrons. The Morgan fingerprint density at radius 3 is 2.64 bits per heavy atom. The van der Waals surface area contributed by atoms with Gasteiger partial charge in [-0.1, -0.05) is 24.3 Å². The summed E-state index contributed by atoms with van der Waals surface area (Å²) in [6.07, 6.45) is 1.43. The van der Waals surface area contributed by atoms with E-state index in [1.807, 2.05) is 0 Å². The lowest BCUT2D eigenvalue weighted by Gasteiger charge is -2.09. The molecule has 3 N–H and O–H groups in total. The average Bonchev–Trinajstić information content (AvgIpc) is 2.60. The fourth-order valence-corrected chi connectivity index (χ4v) is 2.03. The maximum absolute atomic E-state index is 11.9. The minimum atomic E-state index is -0.383. The van der Waals surface area contributed by atoms with Crippen LogP contribution in [0.1, 0.15) is 18.4 Å². The number of rotatable bonds is 7. The molecule has 0 heterocycles. The topological polar surface area (TPSA) is 100 Å². The summed E-state index contributed by atoms with van der Waals surface area (Å²) in [4.78, 5) is 23.6. The lowest BCUT2D eigenvalue weighted by atomic mass is 10.2. The number of amides is 2. The average molecular weight is 341 g/mol. The van der Waals surface area contributed by atoms with E-state index in [1.165, 1.54) is 25.5 Å². The van der Waals surface area contributed by atoms with Crippen molar-refractivity contribution in [3.63, 3.8) is 0 Å². The number of benzene rings is 2. The van der Waals surface area contributed by atoms with Crippen molar-refractivity contribution in [3.05, 3.63) is 54.1 Å². The molecule has 0 bridgehead atoms. The van der Waals surface area contributed by atoms with Crippen molar-refractivity contribution in [2.45, 2.75) is 12.8 Å². The number of phenols is 1. The number of methoxy groups -OCH3 is 1. The third kappa shape index (κ3) is 5.98. The maximum atomic E-state index is 11.9. The van der Waals surface area contributed by atoms with Gasteiger partial charge < -0.3 is 15.2 Å². The highest BCUT2D eigenvalue weighted by molar-refractivity contribution is 5.94.